The van der Waals surface area contributed by atoms with Crippen LogP contribution in [0.15, 0.2) is 48.5 Å². The van der Waals surface area contributed by atoms with E-state index < -0.39 is 0 Å². The van der Waals surface area contributed by atoms with Crippen molar-refractivity contribution in [3.63, 3.8) is 0 Å². The number of nitrogens with one attached hydrogen (secondary N) is 2. The van der Waals surface area contributed by atoms with Gasteiger partial charge in [0.2, 0.25) is 5.91 Å². The summed E-state index contributed by atoms with van der Waals surface area (Å²) in [5.41, 5.74) is 1.96. The van der Waals surface area contributed by atoms with Gasteiger partial charge in [0, 0.05) is 6.54 Å². The molecule has 0 aliphatic carbocycles. The molecule has 2 aromatic rings. The van der Waals surface area contributed by atoms with Gasteiger partial charge in [0.05, 0.1) is 26.2 Å². The summed E-state index contributed by atoms with van der Waals surface area (Å²) in [6.45, 7) is 1.62. The maximum atomic E-state index is 12.7. The number of rotatable bonds is 6. The SMILES string of the molecule is COc1cccc(C(NC(=O)C2CCNC2)c2cccc(OC)c2)c1.Cl. The van der Waals surface area contributed by atoms with Crippen molar-refractivity contribution in [1.29, 1.82) is 0 Å². The minimum atomic E-state index is -0.252. The van der Waals surface area contributed by atoms with Gasteiger partial charge in [0.25, 0.3) is 0 Å². The van der Waals surface area contributed by atoms with E-state index in [1.54, 1.807) is 14.2 Å². The number of hydrogen-bond acceptors (Lipinski definition) is 4. The fourth-order valence-corrected chi connectivity index (χ4v) is 3.14. The van der Waals surface area contributed by atoms with E-state index in [9.17, 15) is 4.79 Å². The van der Waals surface area contributed by atoms with Crippen molar-refractivity contribution in [2.45, 2.75) is 12.5 Å². The molecule has 26 heavy (non-hydrogen) atoms. The molecule has 6 heteroatoms. The third-order valence-corrected chi connectivity index (χ3v) is 4.57. The molecule has 5 nitrogen and oxygen atoms in total. The molecular formula is C20H25ClN2O3. The van der Waals surface area contributed by atoms with Gasteiger partial charge in [-0.15, -0.1) is 12.4 Å². The fraction of sp³-hybridized carbons (Fsp3) is 0.350. The maximum Gasteiger partial charge on any atom is 0.225 e. The van der Waals surface area contributed by atoms with Gasteiger partial charge in [-0.1, -0.05) is 24.3 Å². The molecule has 1 aliphatic heterocycles. The van der Waals surface area contributed by atoms with Gasteiger partial charge in [0.1, 0.15) is 11.5 Å². The van der Waals surface area contributed by atoms with Crippen LogP contribution in [0.4, 0.5) is 0 Å². The molecule has 2 aromatic carbocycles. The van der Waals surface area contributed by atoms with E-state index >= 15 is 0 Å². The molecular weight excluding hydrogens is 352 g/mol. The van der Waals surface area contributed by atoms with Crippen LogP contribution in [0.3, 0.4) is 0 Å². The van der Waals surface area contributed by atoms with Crippen LogP contribution in [0, 0.1) is 5.92 Å². The summed E-state index contributed by atoms with van der Waals surface area (Å²) < 4.78 is 10.7. The molecule has 1 heterocycles. The summed E-state index contributed by atoms with van der Waals surface area (Å²) >= 11 is 0. The molecule has 1 atom stereocenters. The van der Waals surface area contributed by atoms with Crippen molar-refractivity contribution >= 4 is 18.3 Å². The average Bonchev–Trinajstić information content (AvgIpc) is 3.21. The first-order chi connectivity index (χ1) is 12.2. The topological polar surface area (TPSA) is 59.6 Å². The molecule has 3 rings (SSSR count). The number of carbonyl (C=O) groups excluding carboxylic acids is 1. The van der Waals surface area contributed by atoms with Crippen LogP contribution in [0.2, 0.25) is 0 Å². The Morgan fingerprint density at radius 2 is 1.65 bits per heavy atom. The smallest absolute Gasteiger partial charge is 0.225 e. The molecule has 1 unspecified atom stereocenters. The first kappa shape index (κ1) is 20.1. The summed E-state index contributed by atoms with van der Waals surface area (Å²) in [5.74, 6) is 1.61. The van der Waals surface area contributed by atoms with Gasteiger partial charge in [-0.05, 0) is 48.4 Å². The molecule has 1 saturated heterocycles. The Hall–Kier alpha value is -2.24. The zero-order valence-corrected chi connectivity index (χ0v) is 15.8. The van der Waals surface area contributed by atoms with Crippen LogP contribution >= 0.6 is 12.4 Å². The third kappa shape index (κ3) is 4.68. The number of benzene rings is 2. The molecule has 0 bridgehead atoms. The number of methoxy groups -OCH3 is 2. The lowest BCUT2D eigenvalue weighted by Crippen LogP contribution is -2.35. The second kappa shape index (κ2) is 9.46. The highest BCUT2D eigenvalue weighted by Crippen LogP contribution is 2.28. The van der Waals surface area contributed by atoms with Crippen molar-refractivity contribution in [2.24, 2.45) is 5.92 Å². The van der Waals surface area contributed by atoms with Crippen molar-refractivity contribution in [2.75, 3.05) is 27.3 Å². The van der Waals surface area contributed by atoms with Crippen molar-refractivity contribution in [3.8, 4) is 11.5 Å². The van der Waals surface area contributed by atoms with Gasteiger partial charge in [-0.3, -0.25) is 4.79 Å². The zero-order valence-electron chi connectivity index (χ0n) is 15.0. The zero-order chi connectivity index (χ0) is 17.6. The predicted molar refractivity (Wildman–Crippen MR) is 104 cm³/mol. The third-order valence-electron chi connectivity index (χ3n) is 4.57. The van der Waals surface area contributed by atoms with Crippen LogP contribution in [-0.2, 0) is 4.79 Å². The summed E-state index contributed by atoms with van der Waals surface area (Å²) in [6.07, 6.45) is 0.870. The van der Waals surface area contributed by atoms with Gasteiger partial charge >= 0.3 is 0 Å². The quantitative estimate of drug-likeness (QED) is 0.813. The molecule has 0 aromatic heterocycles. The summed E-state index contributed by atoms with van der Waals surface area (Å²) in [4.78, 5) is 12.7. The highest BCUT2D eigenvalue weighted by Gasteiger charge is 2.26. The Kier molecular flexibility index (Phi) is 7.30. The Balaban J connectivity index is 0.00000243. The molecule has 0 saturated carbocycles. The van der Waals surface area contributed by atoms with Crippen molar-refractivity contribution in [1.82, 2.24) is 10.6 Å². The number of carbonyl (C=O) groups is 1. The standard InChI is InChI=1S/C20H24N2O3.ClH/c1-24-17-7-3-5-14(11-17)19(15-6-4-8-18(12-15)25-2)22-20(23)16-9-10-21-13-16;/h3-8,11-12,16,19,21H,9-10,13H2,1-2H3,(H,22,23);1H. The lowest BCUT2D eigenvalue weighted by Gasteiger charge is -2.22. The summed E-state index contributed by atoms with van der Waals surface area (Å²) in [5, 5.41) is 6.45. The lowest BCUT2D eigenvalue weighted by molar-refractivity contribution is -0.124. The predicted octanol–water partition coefficient (Wildman–Crippen LogP) is 2.94. The van der Waals surface area contributed by atoms with E-state index in [0.717, 1.165) is 42.1 Å². The van der Waals surface area contributed by atoms with Gasteiger partial charge < -0.3 is 20.1 Å². The largest absolute Gasteiger partial charge is 0.497 e. The molecule has 0 radical (unpaired) electrons. The second-order valence-corrected chi connectivity index (χ2v) is 6.18. The Bertz CT molecular complexity index is 685. The van der Waals surface area contributed by atoms with Gasteiger partial charge in [-0.2, -0.15) is 0 Å². The van der Waals surface area contributed by atoms with Crippen LogP contribution in [0.1, 0.15) is 23.6 Å². The maximum absolute atomic E-state index is 12.7. The van der Waals surface area contributed by atoms with Gasteiger partial charge in [0.15, 0.2) is 0 Å². The Labute approximate surface area is 160 Å². The second-order valence-electron chi connectivity index (χ2n) is 6.18. The summed E-state index contributed by atoms with van der Waals surface area (Å²) in [7, 11) is 3.28. The first-order valence-corrected chi connectivity index (χ1v) is 8.50. The molecule has 1 aliphatic rings. The van der Waals surface area contributed by atoms with E-state index in [1.807, 2.05) is 48.5 Å². The minimum Gasteiger partial charge on any atom is -0.497 e. The summed E-state index contributed by atoms with van der Waals surface area (Å²) in [6, 6.07) is 15.3. The Morgan fingerprint density at radius 1 is 1.08 bits per heavy atom. The van der Waals surface area contributed by atoms with Crippen LogP contribution < -0.4 is 20.1 Å². The van der Waals surface area contributed by atoms with Crippen LogP contribution in [-0.4, -0.2) is 33.2 Å². The molecule has 0 spiro atoms. The normalized spacial score (nSPS) is 16.0. The number of amides is 1. The van der Waals surface area contributed by atoms with E-state index in [-0.39, 0.29) is 30.3 Å². The lowest BCUT2D eigenvalue weighted by atomic mass is 9.97. The first-order valence-electron chi connectivity index (χ1n) is 8.50. The highest BCUT2D eigenvalue weighted by atomic mass is 35.5. The van der Waals surface area contributed by atoms with E-state index in [4.69, 9.17) is 9.47 Å². The van der Waals surface area contributed by atoms with Crippen molar-refractivity contribution < 1.29 is 14.3 Å². The van der Waals surface area contributed by atoms with E-state index in [2.05, 4.69) is 10.6 Å². The Morgan fingerprint density at radius 3 is 2.12 bits per heavy atom. The molecule has 140 valence electrons. The van der Waals surface area contributed by atoms with E-state index in [0.29, 0.717) is 0 Å². The monoisotopic (exact) mass is 376 g/mol. The minimum absolute atomic E-state index is 0. The van der Waals surface area contributed by atoms with E-state index in [1.165, 1.54) is 0 Å². The molecule has 1 fully saturated rings. The number of halogens is 1. The van der Waals surface area contributed by atoms with Crippen LogP contribution in [0.5, 0.6) is 11.5 Å². The fourth-order valence-electron chi connectivity index (χ4n) is 3.14. The van der Waals surface area contributed by atoms with Crippen molar-refractivity contribution in [3.05, 3.63) is 59.7 Å². The highest BCUT2D eigenvalue weighted by molar-refractivity contribution is 5.85. The molecule has 2 N–H and O–H groups in total. The number of ether oxygens (including phenoxy) is 2. The molecule has 1 amide bonds. The number of hydrogen-bond donors (Lipinski definition) is 2. The average molecular weight is 377 g/mol. The van der Waals surface area contributed by atoms with Crippen LogP contribution in [0.25, 0.3) is 0 Å². The van der Waals surface area contributed by atoms with Gasteiger partial charge in [-0.25, -0.2) is 0 Å².